The van der Waals surface area contributed by atoms with Crippen LogP contribution in [0, 0.1) is 0 Å². The van der Waals surface area contributed by atoms with Gasteiger partial charge in [0, 0.05) is 42.1 Å². The summed E-state index contributed by atoms with van der Waals surface area (Å²) in [6, 6.07) is 0. The van der Waals surface area contributed by atoms with Crippen LogP contribution in [0.3, 0.4) is 0 Å². The van der Waals surface area contributed by atoms with E-state index in [0.717, 1.165) is 0 Å². The van der Waals surface area contributed by atoms with Crippen LogP contribution in [0.15, 0.2) is 0 Å². The maximum atomic E-state index is 9.08. The van der Waals surface area contributed by atoms with E-state index in [-0.39, 0.29) is 163 Å². The molecule has 6 rings (SSSR count). The molecule has 408 valence electrons. The molecule has 0 radical (unpaired) electrons. The van der Waals surface area contributed by atoms with Crippen molar-refractivity contribution in [2.75, 3.05) is 0 Å². The quantitative estimate of drug-likeness (QED) is 0.0386. The van der Waals surface area contributed by atoms with Crippen LogP contribution < -0.4 is 0 Å². The first-order chi connectivity index (χ1) is 32.8. The molecule has 0 unspecified atom stereocenters. The first kappa shape index (κ1) is 77.3. The van der Waals surface area contributed by atoms with Crippen molar-refractivity contribution in [1.29, 1.82) is 0 Å². The van der Waals surface area contributed by atoms with Gasteiger partial charge in [-0.2, -0.15) is 0 Å². The van der Waals surface area contributed by atoms with Crippen molar-refractivity contribution in [3.05, 3.63) is 121 Å². The van der Waals surface area contributed by atoms with Crippen molar-refractivity contribution < 1.29 is 103 Å². The van der Waals surface area contributed by atoms with Crippen LogP contribution in [0.25, 0.3) is 0 Å². The third-order valence-corrected chi connectivity index (χ3v) is 18.0. The van der Waals surface area contributed by atoms with Gasteiger partial charge in [-0.1, -0.05) is 278 Å². The van der Waals surface area contributed by atoms with E-state index < -0.39 is 69.0 Å². The summed E-state index contributed by atoms with van der Waals surface area (Å²) < 4.78 is 0. The van der Waals surface area contributed by atoms with Crippen LogP contribution in [0.2, 0.25) is 121 Å². The van der Waals surface area contributed by atoms with Crippen molar-refractivity contribution in [1.82, 2.24) is 0 Å². The fourth-order valence-corrected chi connectivity index (χ4v) is 8.65. The second-order valence-corrected chi connectivity index (χ2v) is 20.8. The van der Waals surface area contributed by atoms with Gasteiger partial charge in [-0.05, 0) is 0 Å². The average molecular weight is 1860 g/mol. The molecule has 12 nitrogen and oxygen atoms in total. The zero-order chi connectivity index (χ0) is 56.8. The third-order valence-electron chi connectivity index (χ3n) is 7.31. The summed E-state index contributed by atoms with van der Waals surface area (Å²) in [4.78, 5) is 0. The van der Waals surface area contributed by atoms with Gasteiger partial charge in [0.25, 0.3) is 0 Å². The van der Waals surface area contributed by atoms with Gasteiger partial charge in [0.05, 0.1) is 60.3 Å². The first-order valence-electron chi connectivity index (χ1n) is 16.2. The molecule has 0 atom stereocenters. The van der Waals surface area contributed by atoms with Gasteiger partial charge >= 0.3 is 0 Å². The van der Waals surface area contributed by atoms with Crippen molar-refractivity contribution in [3.63, 3.8) is 0 Å². The van der Waals surface area contributed by atoms with Crippen LogP contribution in [0.4, 0.5) is 0 Å². The van der Waals surface area contributed by atoms with Gasteiger partial charge in [-0.15, -0.1) is 0 Å². The van der Waals surface area contributed by atoms with Crippen molar-refractivity contribution in [3.8, 4) is 69.0 Å². The Balaban J connectivity index is 0. The van der Waals surface area contributed by atoms with E-state index in [1.165, 1.54) is 0 Å². The van der Waals surface area contributed by atoms with Gasteiger partial charge in [0.15, 0.2) is 69.0 Å². The average Bonchev–Trinajstić information content (AvgIpc) is 3.37. The van der Waals surface area contributed by atoms with Gasteiger partial charge in [-0.25, -0.2) is 0 Å². The van der Waals surface area contributed by atoms with E-state index in [9.17, 15) is 0 Å². The number of hydrogen-bond acceptors (Lipinski definition) is 12. The number of benzene rings is 6. The molecule has 0 saturated carbocycles. The van der Waals surface area contributed by atoms with Crippen LogP contribution in [-0.2, 0) is 42.1 Å². The van der Waals surface area contributed by atoms with E-state index >= 15 is 0 Å². The standard InChI is InChI=1S/6C6H2Cl4O2.2W/c6*7-1-2(8)4(10)6(12)5(11)3(1)9;;/h6*11-12H;;. The number of phenols is 12. The predicted octanol–water partition coefficient (Wildman–Crippen LogP) is 22.3. The molecule has 0 bridgehead atoms. The monoisotopic (exact) mass is 1840 g/mol. The second kappa shape index (κ2) is 33.4. The molecule has 12 N–H and O–H groups in total. The molecule has 6 aromatic carbocycles. The number of phenolic OH excluding ortho intramolecular Hbond substituents is 12. The number of aromatic hydroxyl groups is 12. The van der Waals surface area contributed by atoms with Crippen LogP contribution in [0.5, 0.6) is 69.0 Å². The predicted molar refractivity (Wildman–Crippen MR) is 299 cm³/mol. The summed E-state index contributed by atoms with van der Waals surface area (Å²) in [7, 11) is 0. The Morgan fingerprint density at radius 2 is 0.149 bits per heavy atom. The van der Waals surface area contributed by atoms with Gasteiger partial charge in [-0.3, -0.25) is 0 Å². The zero-order valence-corrected chi connectivity index (χ0v) is 57.3. The summed E-state index contributed by atoms with van der Waals surface area (Å²) in [5.41, 5.74) is 0. The molecule has 0 heterocycles. The van der Waals surface area contributed by atoms with Crippen LogP contribution in [-0.4, -0.2) is 61.3 Å². The maximum absolute atomic E-state index is 9.08. The summed E-state index contributed by atoms with van der Waals surface area (Å²) >= 11 is 132. The topological polar surface area (TPSA) is 243 Å². The molecule has 74 heavy (non-hydrogen) atoms. The number of hydrogen-bond donors (Lipinski definition) is 12. The molecule has 0 aliphatic carbocycles. The second-order valence-electron chi connectivity index (χ2n) is 11.7. The molecule has 0 fully saturated rings. The van der Waals surface area contributed by atoms with Gasteiger partial charge in [0.1, 0.15) is 60.3 Å². The molecule has 0 aliphatic heterocycles. The summed E-state index contributed by atoms with van der Waals surface area (Å²) in [5, 5.41) is 105. The Morgan fingerprint density at radius 3 is 0.189 bits per heavy atom. The van der Waals surface area contributed by atoms with E-state index in [2.05, 4.69) is 0 Å². The van der Waals surface area contributed by atoms with Crippen LogP contribution in [0.1, 0.15) is 0 Å². The molecule has 0 aromatic heterocycles. The first-order valence-corrected chi connectivity index (χ1v) is 25.3. The van der Waals surface area contributed by atoms with Crippen molar-refractivity contribution >= 4 is 278 Å². The smallest absolute Gasteiger partial charge is 0.179 e. The molecule has 0 spiro atoms. The van der Waals surface area contributed by atoms with Crippen LogP contribution >= 0.6 is 278 Å². The summed E-state index contributed by atoms with van der Waals surface area (Å²) in [6.45, 7) is 0. The Hall–Kier alpha value is 1.26. The summed E-state index contributed by atoms with van der Waals surface area (Å²) in [6.07, 6.45) is 0. The Labute approximate surface area is 563 Å². The minimum Gasteiger partial charge on any atom is -0.503 e. The van der Waals surface area contributed by atoms with Gasteiger partial charge in [0.2, 0.25) is 0 Å². The minimum atomic E-state index is -0.573. The Kier molecular flexibility index (Phi) is 34.9. The summed E-state index contributed by atoms with van der Waals surface area (Å²) in [5.74, 6) is -6.88. The molecule has 38 heteroatoms. The maximum Gasteiger partial charge on any atom is 0.179 e. The largest absolute Gasteiger partial charge is 0.503 e. The fourth-order valence-electron chi connectivity index (χ4n) is 3.65. The van der Waals surface area contributed by atoms with Crippen molar-refractivity contribution in [2.45, 2.75) is 0 Å². The normalized spacial score (nSPS) is 10.1. The Bertz CT molecular complexity index is 1930. The zero-order valence-electron chi connectivity index (χ0n) is 33.3. The molecule has 0 saturated heterocycles. The molecule has 6 aromatic rings. The third kappa shape index (κ3) is 18.1. The Morgan fingerprint density at radius 1 is 0.108 bits per heavy atom. The molecule has 0 amide bonds. The molecular formula is C36H12Cl24O12W2. The van der Waals surface area contributed by atoms with Gasteiger partial charge < -0.3 is 61.3 Å². The van der Waals surface area contributed by atoms with E-state index in [1.807, 2.05) is 0 Å². The van der Waals surface area contributed by atoms with Crippen molar-refractivity contribution in [2.24, 2.45) is 0 Å². The number of halogens is 24. The number of rotatable bonds is 0. The molecular weight excluding hydrogens is 1840 g/mol. The van der Waals surface area contributed by atoms with E-state index in [0.29, 0.717) is 0 Å². The molecule has 0 aliphatic rings. The van der Waals surface area contributed by atoms with E-state index in [1.54, 1.807) is 0 Å². The SMILES string of the molecule is Oc1c(O)c(Cl)c(Cl)c(Cl)c1Cl.Oc1c(O)c(Cl)c(Cl)c(Cl)c1Cl.Oc1c(O)c(Cl)c(Cl)c(Cl)c1Cl.Oc1c(O)c(Cl)c(Cl)c(Cl)c1Cl.Oc1c(O)c(Cl)c(Cl)c(Cl)c1Cl.Oc1c(O)c(Cl)c(Cl)c(Cl)c1Cl.[W].[W]. The fraction of sp³-hybridized carbons (Fsp3) is 0. The van der Waals surface area contributed by atoms with E-state index in [4.69, 9.17) is 340 Å². The minimum absolute atomic E-state index is 0.